The molecule has 1 aromatic heterocycles. The fourth-order valence-electron chi connectivity index (χ4n) is 0.540. The van der Waals surface area contributed by atoms with Gasteiger partial charge in [-0.05, 0) is 0 Å². The Labute approximate surface area is 65.5 Å². The van der Waals surface area contributed by atoms with Gasteiger partial charge in [-0.25, -0.2) is 0 Å². The normalized spacial score (nSPS) is 9.91. The average molecular weight is 177 g/mol. The smallest absolute Gasteiger partial charge is 0.272 e. The zero-order chi connectivity index (χ0) is 8.59. The molecule has 0 aliphatic rings. The summed E-state index contributed by atoms with van der Waals surface area (Å²) < 4.78 is 0.436. The lowest BCUT2D eigenvalue weighted by Gasteiger charge is -2.02. The minimum Gasteiger partial charge on any atom is -0.424 e. The van der Waals surface area contributed by atoms with Crippen LogP contribution in [-0.4, -0.2) is 19.9 Å². The lowest BCUT2D eigenvalue weighted by Crippen LogP contribution is -2.37. The third kappa shape index (κ3) is 1.07. The standard InChI is InChI=1S/C4H5ClN4O2/c5-2-1-3(6)9(11)4(7)8(2)10/h1,6-7,10-11H. The molecule has 0 spiro atoms. The van der Waals surface area contributed by atoms with Crippen LogP contribution in [0.15, 0.2) is 6.07 Å². The van der Waals surface area contributed by atoms with Gasteiger partial charge in [0.15, 0.2) is 10.6 Å². The Bertz CT molecular complexity index is 392. The monoisotopic (exact) mass is 176 g/mol. The summed E-state index contributed by atoms with van der Waals surface area (Å²) in [6, 6.07) is 1.000. The van der Waals surface area contributed by atoms with Crippen molar-refractivity contribution in [2.24, 2.45) is 0 Å². The van der Waals surface area contributed by atoms with Gasteiger partial charge in [0.1, 0.15) is 0 Å². The van der Waals surface area contributed by atoms with Crippen LogP contribution in [0.25, 0.3) is 0 Å². The minimum absolute atomic E-state index is 0.186. The lowest BCUT2D eigenvalue weighted by atomic mass is 10.6. The highest BCUT2D eigenvalue weighted by atomic mass is 35.5. The van der Waals surface area contributed by atoms with Gasteiger partial charge in [0.05, 0.1) is 0 Å². The van der Waals surface area contributed by atoms with Crippen molar-refractivity contribution in [1.29, 1.82) is 10.8 Å². The molecule has 0 unspecified atom stereocenters. The molecule has 60 valence electrons. The van der Waals surface area contributed by atoms with Gasteiger partial charge in [-0.3, -0.25) is 10.8 Å². The summed E-state index contributed by atoms with van der Waals surface area (Å²) in [5, 5.41) is 31.4. The summed E-state index contributed by atoms with van der Waals surface area (Å²) in [7, 11) is 0. The van der Waals surface area contributed by atoms with E-state index in [2.05, 4.69) is 0 Å². The molecule has 1 aromatic rings. The van der Waals surface area contributed by atoms with E-state index in [1.807, 2.05) is 0 Å². The SMILES string of the molecule is N=c1cc(Cl)n(O)c(=N)n1O. The fourth-order valence-corrected chi connectivity index (χ4v) is 0.723. The molecular formula is C4H5ClN4O2. The van der Waals surface area contributed by atoms with Crippen molar-refractivity contribution in [1.82, 2.24) is 9.46 Å². The quantitative estimate of drug-likeness (QED) is 0.313. The Morgan fingerprint density at radius 2 is 1.82 bits per heavy atom. The van der Waals surface area contributed by atoms with E-state index in [1.165, 1.54) is 0 Å². The van der Waals surface area contributed by atoms with Gasteiger partial charge in [0, 0.05) is 6.07 Å². The third-order valence-electron chi connectivity index (χ3n) is 1.09. The maximum absolute atomic E-state index is 8.84. The van der Waals surface area contributed by atoms with Crippen molar-refractivity contribution in [3.8, 4) is 0 Å². The van der Waals surface area contributed by atoms with E-state index in [0.29, 0.717) is 0 Å². The van der Waals surface area contributed by atoms with E-state index in [9.17, 15) is 0 Å². The molecule has 4 N–H and O–H groups in total. The fraction of sp³-hybridized carbons (Fsp3) is 0. The summed E-state index contributed by atoms with van der Waals surface area (Å²) in [6.45, 7) is 0. The van der Waals surface area contributed by atoms with Crippen molar-refractivity contribution in [2.75, 3.05) is 0 Å². The molecule has 11 heavy (non-hydrogen) atoms. The predicted octanol–water partition coefficient (Wildman–Crippen LogP) is -0.623. The molecule has 0 radical (unpaired) electrons. The summed E-state index contributed by atoms with van der Waals surface area (Å²) in [5.74, 6) is 0. The molecule has 0 fully saturated rings. The summed E-state index contributed by atoms with van der Waals surface area (Å²) >= 11 is 5.34. The first-order chi connectivity index (χ1) is 5.04. The molecular weight excluding hydrogens is 172 g/mol. The van der Waals surface area contributed by atoms with E-state index < -0.39 is 5.62 Å². The summed E-state index contributed by atoms with van der Waals surface area (Å²) in [5.41, 5.74) is -1.05. The highest BCUT2D eigenvalue weighted by molar-refractivity contribution is 6.29. The van der Waals surface area contributed by atoms with Crippen molar-refractivity contribution >= 4 is 11.6 Å². The second-order valence-corrected chi connectivity index (χ2v) is 2.19. The largest absolute Gasteiger partial charge is 0.424 e. The Kier molecular flexibility index (Phi) is 1.61. The topological polar surface area (TPSA) is 98.0 Å². The van der Waals surface area contributed by atoms with Gasteiger partial charge >= 0.3 is 0 Å². The van der Waals surface area contributed by atoms with Crippen LogP contribution < -0.4 is 11.1 Å². The van der Waals surface area contributed by atoms with Crippen LogP contribution in [0.4, 0.5) is 0 Å². The Morgan fingerprint density at radius 3 is 2.36 bits per heavy atom. The van der Waals surface area contributed by atoms with Crippen molar-refractivity contribution in [2.45, 2.75) is 0 Å². The number of aromatic nitrogens is 2. The van der Waals surface area contributed by atoms with Crippen LogP contribution >= 0.6 is 11.6 Å². The first kappa shape index (κ1) is 7.67. The Balaban J connectivity index is 3.74. The average Bonchev–Trinajstić information content (AvgIpc) is 1.97. The van der Waals surface area contributed by atoms with Crippen LogP contribution in [0.3, 0.4) is 0 Å². The van der Waals surface area contributed by atoms with Gasteiger partial charge < -0.3 is 10.4 Å². The van der Waals surface area contributed by atoms with E-state index in [-0.39, 0.29) is 20.1 Å². The van der Waals surface area contributed by atoms with Gasteiger partial charge in [-0.15, -0.1) is 9.46 Å². The third-order valence-corrected chi connectivity index (χ3v) is 1.36. The van der Waals surface area contributed by atoms with Crippen molar-refractivity contribution < 1.29 is 10.4 Å². The Hall–Kier alpha value is -1.43. The van der Waals surface area contributed by atoms with Gasteiger partial charge in [-0.2, -0.15) is 0 Å². The first-order valence-electron chi connectivity index (χ1n) is 2.56. The van der Waals surface area contributed by atoms with E-state index in [1.54, 1.807) is 0 Å². The van der Waals surface area contributed by atoms with Crippen LogP contribution in [0.2, 0.25) is 5.15 Å². The van der Waals surface area contributed by atoms with Gasteiger partial charge in [-0.1, -0.05) is 11.6 Å². The molecule has 1 heterocycles. The second-order valence-electron chi connectivity index (χ2n) is 1.80. The number of hydrogen-bond acceptors (Lipinski definition) is 4. The minimum atomic E-state index is -0.678. The van der Waals surface area contributed by atoms with Crippen LogP contribution in [0.5, 0.6) is 0 Å². The predicted molar refractivity (Wildman–Crippen MR) is 33.5 cm³/mol. The highest BCUT2D eigenvalue weighted by Gasteiger charge is 2.01. The molecule has 0 saturated heterocycles. The molecule has 0 aliphatic heterocycles. The van der Waals surface area contributed by atoms with E-state index in [0.717, 1.165) is 6.07 Å². The van der Waals surface area contributed by atoms with Crippen LogP contribution in [0, 0.1) is 10.8 Å². The number of halogens is 1. The van der Waals surface area contributed by atoms with Gasteiger partial charge in [0.2, 0.25) is 0 Å². The number of nitrogens with one attached hydrogen (secondary N) is 2. The molecule has 0 saturated carbocycles. The van der Waals surface area contributed by atoms with E-state index in [4.69, 9.17) is 32.8 Å². The number of rotatable bonds is 0. The molecule has 7 heteroatoms. The molecule has 0 aromatic carbocycles. The summed E-state index contributed by atoms with van der Waals surface area (Å²) in [4.78, 5) is 0. The molecule has 0 aliphatic carbocycles. The molecule has 6 nitrogen and oxygen atoms in total. The number of nitrogens with zero attached hydrogens (tertiary/aromatic N) is 2. The van der Waals surface area contributed by atoms with Crippen molar-refractivity contribution in [3.05, 3.63) is 22.3 Å². The van der Waals surface area contributed by atoms with E-state index >= 15 is 0 Å². The highest BCUT2D eigenvalue weighted by Crippen LogP contribution is 1.96. The number of hydrogen-bond donors (Lipinski definition) is 4. The molecule has 0 atom stereocenters. The zero-order valence-electron chi connectivity index (χ0n) is 5.24. The zero-order valence-corrected chi connectivity index (χ0v) is 6.00. The first-order valence-corrected chi connectivity index (χ1v) is 2.94. The van der Waals surface area contributed by atoms with Crippen molar-refractivity contribution in [3.63, 3.8) is 0 Å². The molecule has 1 rings (SSSR count). The van der Waals surface area contributed by atoms with Gasteiger partial charge in [0.25, 0.3) is 5.62 Å². The molecule has 0 amide bonds. The second kappa shape index (κ2) is 2.31. The Morgan fingerprint density at radius 1 is 1.27 bits per heavy atom. The maximum Gasteiger partial charge on any atom is 0.272 e. The van der Waals surface area contributed by atoms with Crippen LogP contribution in [-0.2, 0) is 0 Å². The summed E-state index contributed by atoms with van der Waals surface area (Å²) in [6.07, 6.45) is 0. The lowest BCUT2D eigenvalue weighted by molar-refractivity contribution is 0.0923. The van der Waals surface area contributed by atoms with Crippen LogP contribution in [0.1, 0.15) is 0 Å². The maximum atomic E-state index is 8.84. The molecule has 0 bridgehead atoms.